The van der Waals surface area contributed by atoms with Crippen LogP contribution in [0.5, 0.6) is 0 Å². The molecule has 2 atom stereocenters. The van der Waals surface area contributed by atoms with E-state index in [4.69, 9.17) is 9.47 Å². The number of fused-ring (bicyclic) bond motifs is 1. The highest BCUT2D eigenvalue weighted by atomic mass is 16.6. The van der Waals surface area contributed by atoms with Crippen molar-refractivity contribution < 1.29 is 14.3 Å². The maximum absolute atomic E-state index is 10.8. The monoisotopic (exact) mass is 156 g/mol. The van der Waals surface area contributed by atoms with E-state index < -0.39 is 0 Å². The zero-order valence-electron chi connectivity index (χ0n) is 6.41. The summed E-state index contributed by atoms with van der Waals surface area (Å²) in [4.78, 5) is 10.8. The maximum Gasteiger partial charge on any atom is 0.332 e. The zero-order valence-corrected chi connectivity index (χ0v) is 6.41. The van der Waals surface area contributed by atoms with Crippen molar-refractivity contribution in [3.05, 3.63) is 0 Å². The number of carbonyl (C=O) groups is 1. The third-order valence-corrected chi connectivity index (χ3v) is 2.34. The molecule has 1 saturated heterocycles. The summed E-state index contributed by atoms with van der Waals surface area (Å²) >= 11 is 0. The lowest BCUT2D eigenvalue weighted by Gasteiger charge is -2.34. The standard InChI is InChI=1S/C8H12O3/c9-8-5-10-6-3-1-2-4-7(6)11-8/h6-7H,1-5H2/t6-,7-/m0/s1. The van der Waals surface area contributed by atoms with Crippen LogP contribution in [0, 0.1) is 0 Å². The van der Waals surface area contributed by atoms with Crippen LogP contribution in [0.4, 0.5) is 0 Å². The lowest BCUT2D eigenvalue weighted by atomic mass is 9.94. The summed E-state index contributed by atoms with van der Waals surface area (Å²) in [5.74, 6) is -0.201. The first-order valence-electron chi connectivity index (χ1n) is 4.17. The van der Waals surface area contributed by atoms with Gasteiger partial charge < -0.3 is 9.47 Å². The molecule has 0 bridgehead atoms. The summed E-state index contributed by atoms with van der Waals surface area (Å²) in [6.45, 7) is 0.154. The van der Waals surface area contributed by atoms with Crippen molar-refractivity contribution in [2.24, 2.45) is 0 Å². The van der Waals surface area contributed by atoms with Crippen LogP contribution in [0.2, 0.25) is 0 Å². The highest BCUT2D eigenvalue weighted by Crippen LogP contribution is 2.26. The van der Waals surface area contributed by atoms with E-state index in [1.165, 1.54) is 6.42 Å². The largest absolute Gasteiger partial charge is 0.458 e. The van der Waals surface area contributed by atoms with E-state index in [1.807, 2.05) is 0 Å². The molecule has 11 heavy (non-hydrogen) atoms. The quantitative estimate of drug-likeness (QED) is 0.488. The summed E-state index contributed by atoms with van der Waals surface area (Å²) in [6.07, 6.45) is 4.66. The molecule has 1 aliphatic heterocycles. The minimum Gasteiger partial charge on any atom is -0.458 e. The first-order chi connectivity index (χ1) is 5.36. The molecule has 0 radical (unpaired) electrons. The Kier molecular flexibility index (Phi) is 1.82. The Bertz CT molecular complexity index is 167. The Labute approximate surface area is 65.7 Å². The second-order valence-electron chi connectivity index (χ2n) is 3.16. The van der Waals surface area contributed by atoms with E-state index in [1.54, 1.807) is 0 Å². The predicted molar refractivity (Wildman–Crippen MR) is 38.1 cm³/mol. The van der Waals surface area contributed by atoms with Crippen LogP contribution in [0.25, 0.3) is 0 Å². The van der Waals surface area contributed by atoms with Crippen LogP contribution < -0.4 is 0 Å². The normalized spacial score (nSPS) is 37.6. The summed E-state index contributed by atoms with van der Waals surface area (Å²) in [5.41, 5.74) is 0. The van der Waals surface area contributed by atoms with Gasteiger partial charge in [-0.15, -0.1) is 0 Å². The first-order valence-corrected chi connectivity index (χ1v) is 4.17. The molecule has 0 aromatic carbocycles. The number of hydrogen-bond acceptors (Lipinski definition) is 3. The molecule has 0 amide bonds. The van der Waals surface area contributed by atoms with Crippen LogP contribution in [0.15, 0.2) is 0 Å². The van der Waals surface area contributed by atoms with Gasteiger partial charge >= 0.3 is 5.97 Å². The van der Waals surface area contributed by atoms with Crippen LogP contribution in [-0.4, -0.2) is 24.8 Å². The molecule has 1 aliphatic carbocycles. The Hall–Kier alpha value is -0.570. The average Bonchev–Trinajstić information content (AvgIpc) is 2.04. The van der Waals surface area contributed by atoms with Gasteiger partial charge in [0.1, 0.15) is 12.7 Å². The molecule has 0 aromatic heterocycles. The van der Waals surface area contributed by atoms with Crippen molar-refractivity contribution in [3.63, 3.8) is 0 Å². The van der Waals surface area contributed by atoms with Crippen molar-refractivity contribution in [2.75, 3.05) is 6.61 Å². The number of carbonyl (C=O) groups excluding carboxylic acids is 1. The van der Waals surface area contributed by atoms with Crippen molar-refractivity contribution in [2.45, 2.75) is 37.9 Å². The van der Waals surface area contributed by atoms with Crippen LogP contribution in [0.1, 0.15) is 25.7 Å². The molecule has 3 heteroatoms. The van der Waals surface area contributed by atoms with Crippen LogP contribution in [0.3, 0.4) is 0 Å². The molecule has 0 N–H and O–H groups in total. The van der Waals surface area contributed by atoms with Crippen LogP contribution in [-0.2, 0) is 14.3 Å². The highest BCUT2D eigenvalue weighted by Gasteiger charge is 2.33. The zero-order chi connectivity index (χ0) is 7.68. The fourth-order valence-electron chi connectivity index (χ4n) is 1.77. The number of esters is 1. The van der Waals surface area contributed by atoms with Gasteiger partial charge in [-0.1, -0.05) is 6.42 Å². The third-order valence-electron chi connectivity index (χ3n) is 2.34. The van der Waals surface area contributed by atoms with E-state index in [9.17, 15) is 4.79 Å². The summed E-state index contributed by atoms with van der Waals surface area (Å²) < 4.78 is 10.4. The molecule has 1 heterocycles. The molecule has 0 unspecified atom stereocenters. The molecule has 0 aromatic rings. The Morgan fingerprint density at radius 3 is 2.73 bits per heavy atom. The molecule has 3 nitrogen and oxygen atoms in total. The lowest BCUT2D eigenvalue weighted by molar-refractivity contribution is -0.187. The van der Waals surface area contributed by atoms with Crippen molar-refractivity contribution in [3.8, 4) is 0 Å². The van der Waals surface area contributed by atoms with Gasteiger partial charge in [-0.05, 0) is 19.3 Å². The summed E-state index contributed by atoms with van der Waals surface area (Å²) in [7, 11) is 0. The molecule has 2 rings (SSSR count). The minimum absolute atomic E-state index is 0.0602. The second kappa shape index (κ2) is 2.81. The van der Waals surface area contributed by atoms with Gasteiger partial charge in [-0.2, -0.15) is 0 Å². The SMILES string of the molecule is O=C1CO[C@H]2CCCC[C@@H]2O1. The third kappa shape index (κ3) is 1.38. The van der Waals surface area contributed by atoms with Crippen molar-refractivity contribution >= 4 is 5.97 Å². The molecule has 1 saturated carbocycles. The fraction of sp³-hybridized carbons (Fsp3) is 0.875. The second-order valence-corrected chi connectivity index (χ2v) is 3.16. The number of rotatable bonds is 0. The maximum atomic E-state index is 10.8. The van der Waals surface area contributed by atoms with Gasteiger partial charge in [0.05, 0.1) is 6.10 Å². The Morgan fingerprint density at radius 1 is 1.18 bits per heavy atom. The van der Waals surface area contributed by atoms with E-state index in [0.717, 1.165) is 19.3 Å². The molecule has 2 fully saturated rings. The van der Waals surface area contributed by atoms with E-state index in [2.05, 4.69) is 0 Å². The van der Waals surface area contributed by atoms with E-state index in [-0.39, 0.29) is 24.8 Å². The molecule has 2 aliphatic rings. The lowest BCUT2D eigenvalue weighted by Crippen LogP contribution is -2.42. The van der Waals surface area contributed by atoms with Gasteiger partial charge in [-0.3, -0.25) is 0 Å². The number of ether oxygens (including phenoxy) is 2. The molecule has 62 valence electrons. The first kappa shape index (κ1) is 7.10. The molecular weight excluding hydrogens is 144 g/mol. The van der Waals surface area contributed by atoms with Gasteiger partial charge in [0.15, 0.2) is 0 Å². The average molecular weight is 156 g/mol. The van der Waals surface area contributed by atoms with E-state index in [0.29, 0.717) is 0 Å². The van der Waals surface area contributed by atoms with Crippen molar-refractivity contribution in [1.82, 2.24) is 0 Å². The van der Waals surface area contributed by atoms with E-state index >= 15 is 0 Å². The number of hydrogen-bond donors (Lipinski definition) is 0. The Morgan fingerprint density at radius 2 is 1.91 bits per heavy atom. The van der Waals surface area contributed by atoms with Gasteiger partial charge in [0.25, 0.3) is 0 Å². The topological polar surface area (TPSA) is 35.5 Å². The summed E-state index contributed by atoms with van der Waals surface area (Å²) in [6, 6.07) is 0. The smallest absolute Gasteiger partial charge is 0.332 e. The van der Waals surface area contributed by atoms with Gasteiger partial charge in [-0.25, -0.2) is 4.79 Å². The van der Waals surface area contributed by atoms with Crippen LogP contribution >= 0.6 is 0 Å². The van der Waals surface area contributed by atoms with Gasteiger partial charge in [0, 0.05) is 0 Å². The Balaban J connectivity index is 1.98. The predicted octanol–water partition coefficient (Wildman–Crippen LogP) is 0.871. The molecule has 0 spiro atoms. The fourth-order valence-corrected chi connectivity index (χ4v) is 1.77. The molecular formula is C8H12O3. The highest BCUT2D eigenvalue weighted by molar-refractivity contribution is 5.71. The van der Waals surface area contributed by atoms with Crippen molar-refractivity contribution in [1.29, 1.82) is 0 Å². The van der Waals surface area contributed by atoms with Gasteiger partial charge in [0.2, 0.25) is 0 Å². The summed E-state index contributed by atoms with van der Waals surface area (Å²) in [5, 5.41) is 0. The minimum atomic E-state index is -0.201.